The highest BCUT2D eigenvalue weighted by molar-refractivity contribution is 5.89. The van der Waals surface area contributed by atoms with Crippen LogP contribution in [0, 0.1) is 0 Å². The summed E-state index contributed by atoms with van der Waals surface area (Å²) in [5, 5.41) is 12.6. The van der Waals surface area contributed by atoms with E-state index in [-0.39, 0.29) is 11.7 Å². The Labute approximate surface area is 114 Å². The number of carbonyl (C=O) groups excluding carboxylic acids is 1. The maximum absolute atomic E-state index is 11.0. The molecule has 2 aromatic carbocycles. The third kappa shape index (κ3) is 2.21. The van der Waals surface area contributed by atoms with E-state index in [1.807, 2.05) is 24.3 Å². The van der Waals surface area contributed by atoms with Crippen molar-refractivity contribution in [3.05, 3.63) is 42.5 Å². The Morgan fingerprint density at radius 1 is 1.25 bits per heavy atom. The molecule has 0 aliphatic rings. The van der Waals surface area contributed by atoms with E-state index in [0.717, 1.165) is 5.52 Å². The monoisotopic (exact) mass is 268 g/mol. The second-order valence-electron chi connectivity index (χ2n) is 4.40. The van der Waals surface area contributed by atoms with Gasteiger partial charge < -0.3 is 14.8 Å². The molecule has 0 saturated heterocycles. The predicted molar refractivity (Wildman–Crippen MR) is 75.4 cm³/mol. The summed E-state index contributed by atoms with van der Waals surface area (Å²) in [5.74, 6) is 0.153. The van der Waals surface area contributed by atoms with E-state index in [9.17, 15) is 9.90 Å². The molecule has 0 radical (unpaired) electrons. The summed E-state index contributed by atoms with van der Waals surface area (Å²) in [5.41, 5.74) is 2.39. The first-order chi connectivity index (χ1) is 9.63. The quantitative estimate of drug-likeness (QED) is 0.748. The van der Waals surface area contributed by atoms with Crippen LogP contribution in [0.5, 0.6) is 5.75 Å². The highest BCUT2D eigenvalue weighted by Gasteiger charge is 2.12. The van der Waals surface area contributed by atoms with Gasteiger partial charge in [-0.1, -0.05) is 12.1 Å². The zero-order valence-corrected chi connectivity index (χ0v) is 10.8. The maximum Gasteiger partial charge on any atom is 0.231 e. The maximum atomic E-state index is 11.0. The van der Waals surface area contributed by atoms with E-state index in [0.29, 0.717) is 22.7 Å². The Balaban J connectivity index is 2.03. The minimum atomic E-state index is -0.195. The zero-order chi connectivity index (χ0) is 14.1. The van der Waals surface area contributed by atoms with Gasteiger partial charge in [-0.3, -0.25) is 4.79 Å². The number of nitrogens with one attached hydrogen (secondary N) is 1. The van der Waals surface area contributed by atoms with E-state index in [1.165, 1.54) is 13.0 Å². The van der Waals surface area contributed by atoms with Gasteiger partial charge in [0.05, 0.1) is 5.56 Å². The van der Waals surface area contributed by atoms with Crippen LogP contribution in [0.4, 0.5) is 5.69 Å². The van der Waals surface area contributed by atoms with E-state index >= 15 is 0 Å². The molecule has 2 N–H and O–H groups in total. The normalized spacial score (nSPS) is 10.7. The van der Waals surface area contributed by atoms with Crippen molar-refractivity contribution in [1.82, 2.24) is 4.98 Å². The fourth-order valence-electron chi connectivity index (χ4n) is 1.98. The number of amides is 1. The average molecular weight is 268 g/mol. The van der Waals surface area contributed by atoms with E-state index < -0.39 is 0 Å². The highest BCUT2D eigenvalue weighted by Crippen LogP contribution is 2.32. The largest absolute Gasteiger partial charge is 0.507 e. The molecule has 1 aromatic heterocycles. The lowest BCUT2D eigenvalue weighted by Gasteiger charge is -2.05. The summed E-state index contributed by atoms with van der Waals surface area (Å²) in [6.07, 6.45) is 0. The van der Waals surface area contributed by atoms with Crippen LogP contribution in [0.3, 0.4) is 0 Å². The molecule has 0 unspecified atom stereocenters. The second-order valence-corrected chi connectivity index (χ2v) is 4.40. The SMILES string of the molecule is CC(=O)Nc1ccc(-c2nc3ccccc3o2)c(O)c1. The Kier molecular flexibility index (Phi) is 2.87. The number of nitrogens with zero attached hydrogens (tertiary/aromatic N) is 1. The van der Waals surface area contributed by atoms with Gasteiger partial charge in [0.1, 0.15) is 11.3 Å². The summed E-state index contributed by atoms with van der Waals surface area (Å²) >= 11 is 0. The number of fused-ring (bicyclic) bond motifs is 1. The molecule has 0 aliphatic heterocycles. The molecule has 0 spiro atoms. The fraction of sp³-hybridized carbons (Fsp3) is 0.0667. The number of benzene rings is 2. The molecular formula is C15H12N2O3. The van der Waals surface area contributed by atoms with Gasteiger partial charge >= 0.3 is 0 Å². The van der Waals surface area contributed by atoms with Crippen LogP contribution in [0.1, 0.15) is 6.92 Å². The lowest BCUT2D eigenvalue weighted by Crippen LogP contribution is -2.05. The summed E-state index contributed by atoms with van der Waals surface area (Å²) in [7, 11) is 0. The van der Waals surface area contributed by atoms with Crippen LogP contribution in [0.25, 0.3) is 22.6 Å². The van der Waals surface area contributed by atoms with Crippen LogP contribution in [0.15, 0.2) is 46.9 Å². The number of aromatic nitrogens is 1. The van der Waals surface area contributed by atoms with Crippen molar-refractivity contribution in [3.8, 4) is 17.2 Å². The number of anilines is 1. The molecule has 100 valence electrons. The molecule has 5 heteroatoms. The van der Waals surface area contributed by atoms with Crippen molar-refractivity contribution in [2.24, 2.45) is 0 Å². The molecule has 0 saturated carbocycles. The van der Waals surface area contributed by atoms with Gasteiger partial charge in [0.15, 0.2) is 5.58 Å². The molecule has 3 rings (SSSR count). The van der Waals surface area contributed by atoms with Crippen LogP contribution in [0.2, 0.25) is 0 Å². The Hall–Kier alpha value is -2.82. The number of hydrogen-bond acceptors (Lipinski definition) is 4. The summed E-state index contributed by atoms with van der Waals surface area (Å²) in [6, 6.07) is 12.2. The summed E-state index contributed by atoms with van der Waals surface area (Å²) < 4.78 is 5.60. The molecule has 0 fully saturated rings. The van der Waals surface area contributed by atoms with Crippen LogP contribution < -0.4 is 5.32 Å². The van der Waals surface area contributed by atoms with Crippen molar-refractivity contribution in [2.75, 3.05) is 5.32 Å². The van der Waals surface area contributed by atoms with Crippen molar-refractivity contribution in [3.63, 3.8) is 0 Å². The minimum absolute atomic E-state index is 0.00260. The molecule has 1 amide bonds. The predicted octanol–water partition coefficient (Wildman–Crippen LogP) is 3.16. The van der Waals surface area contributed by atoms with Crippen LogP contribution >= 0.6 is 0 Å². The number of rotatable bonds is 2. The number of hydrogen-bond donors (Lipinski definition) is 2. The standard InChI is InChI=1S/C15H12N2O3/c1-9(18)16-10-6-7-11(13(19)8-10)15-17-12-4-2-3-5-14(12)20-15/h2-8,19H,1H3,(H,16,18). The summed E-state index contributed by atoms with van der Waals surface area (Å²) in [4.78, 5) is 15.3. The molecule has 3 aromatic rings. The Morgan fingerprint density at radius 2 is 2.05 bits per heavy atom. The van der Waals surface area contributed by atoms with Crippen molar-refractivity contribution >= 4 is 22.7 Å². The van der Waals surface area contributed by atoms with Crippen molar-refractivity contribution in [1.29, 1.82) is 0 Å². The minimum Gasteiger partial charge on any atom is -0.507 e. The number of phenols is 1. The van der Waals surface area contributed by atoms with Gasteiger partial charge in [-0.25, -0.2) is 4.98 Å². The molecular weight excluding hydrogens is 256 g/mol. The van der Waals surface area contributed by atoms with Crippen molar-refractivity contribution in [2.45, 2.75) is 6.92 Å². The summed E-state index contributed by atoms with van der Waals surface area (Å²) in [6.45, 7) is 1.41. The van der Waals surface area contributed by atoms with Gasteiger partial charge in [0, 0.05) is 18.7 Å². The first kappa shape index (κ1) is 12.2. The smallest absolute Gasteiger partial charge is 0.231 e. The van der Waals surface area contributed by atoms with Gasteiger partial charge in [0.2, 0.25) is 11.8 Å². The number of aromatic hydroxyl groups is 1. The third-order valence-electron chi connectivity index (χ3n) is 2.84. The topological polar surface area (TPSA) is 75.4 Å². The lowest BCUT2D eigenvalue weighted by molar-refractivity contribution is -0.114. The Morgan fingerprint density at radius 3 is 2.75 bits per heavy atom. The van der Waals surface area contributed by atoms with Gasteiger partial charge in [-0.15, -0.1) is 0 Å². The average Bonchev–Trinajstić information content (AvgIpc) is 2.81. The highest BCUT2D eigenvalue weighted by atomic mass is 16.3. The molecule has 1 heterocycles. The van der Waals surface area contributed by atoms with Crippen molar-refractivity contribution < 1.29 is 14.3 Å². The van der Waals surface area contributed by atoms with E-state index in [1.54, 1.807) is 12.1 Å². The number of carbonyl (C=O) groups is 1. The van der Waals surface area contributed by atoms with Crippen LogP contribution in [-0.2, 0) is 4.79 Å². The Bertz CT molecular complexity index is 760. The third-order valence-corrected chi connectivity index (χ3v) is 2.84. The van der Waals surface area contributed by atoms with E-state index in [2.05, 4.69) is 10.3 Å². The molecule has 5 nitrogen and oxygen atoms in total. The van der Waals surface area contributed by atoms with Crippen LogP contribution in [-0.4, -0.2) is 16.0 Å². The second kappa shape index (κ2) is 4.70. The van der Waals surface area contributed by atoms with E-state index in [4.69, 9.17) is 4.42 Å². The number of oxazole rings is 1. The first-order valence-electron chi connectivity index (χ1n) is 6.10. The zero-order valence-electron chi connectivity index (χ0n) is 10.8. The first-order valence-corrected chi connectivity index (χ1v) is 6.10. The molecule has 20 heavy (non-hydrogen) atoms. The number of para-hydroxylation sites is 2. The van der Waals surface area contributed by atoms with Gasteiger partial charge in [0.25, 0.3) is 0 Å². The molecule has 0 atom stereocenters. The number of phenolic OH excluding ortho intramolecular Hbond substituents is 1. The molecule has 0 bridgehead atoms. The fourth-order valence-corrected chi connectivity index (χ4v) is 1.98. The van der Waals surface area contributed by atoms with Gasteiger partial charge in [-0.2, -0.15) is 0 Å². The lowest BCUT2D eigenvalue weighted by atomic mass is 10.2. The molecule has 0 aliphatic carbocycles. The van der Waals surface area contributed by atoms with Gasteiger partial charge in [-0.05, 0) is 24.3 Å².